The van der Waals surface area contributed by atoms with Gasteiger partial charge in [0, 0.05) is 12.8 Å². The molecule has 0 spiro atoms. The fraction of sp³-hybridized carbons (Fsp3) is 0.533. The number of hydrogen-bond acceptors (Lipinski definition) is 3. The minimum Gasteiger partial charge on any atom is -0.543 e. The molecule has 1 heterocycles. The van der Waals surface area contributed by atoms with Crippen molar-refractivity contribution in [3.63, 3.8) is 0 Å². The van der Waals surface area contributed by atoms with Crippen LogP contribution in [-0.2, 0) is 0 Å². The van der Waals surface area contributed by atoms with Crippen LogP contribution in [0.15, 0.2) is 29.3 Å². The Labute approximate surface area is 117 Å². The number of para-hydroxylation sites is 2. The number of benzene rings is 1. The SMILES string of the molecule is C[Si](C)(C)Oc1ccccc1N=CCN1CCCC1. The number of aliphatic imine (C=N–C) groups is 1. The molecule has 0 N–H and O–H groups in total. The first-order valence-electron chi connectivity index (χ1n) is 7.07. The second-order valence-corrected chi connectivity index (χ2v) is 10.4. The molecule has 0 saturated carbocycles. The Hall–Kier alpha value is -1.13. The first kappa shape index (κ1) is 14.3. The van der Waals surface area contributed by atoms with Crippen LogP contribution in [0, 0.1) is 0 Å². The van der Waals surface area contributed by atoms with Crippen LogP contribution in [0.25, 0.3) is 0 Å². The maximum absolute atomic E-state index is 6.07. The van der Waals surface area contributed by atoms with Crippen molar-refractivity contribution in [2.45, 2.75) is 32.5 Å². The lowest BCUT2D eigenvalue weighted by molar-refractivity contribution is 0.391. The van der Waals surface area contributed by atoms with Gasteiger partial charge in [0.25, 0.3) is 0 Å². The van der Waals surface area contributed by atoms with Gasteiger partial charge in [-0.15, -0.1) is 0 Å². The predicted octanol–water partition coefficient (Wildman–Crippen LogP) is 3.70. The van der Waals surface area contributed by atoms with Crippen LogP contribution in [0.4, 0.5) is 5.69 Å². The number of likely N-dealkylation sites (tertiary alicyclic amines) is 1. The summed E-state index contributed by atoms with van der Waals surface area (Å²) in [6.45, 7) is 9.94. The molecule has 1 fully saturated rings. The Bertz CT molecular complexity index is 434. The van der Waals surface area contributed by atoms with Gasteiger partial charge in [0.05, 0.1) is 0 Å². The van der Waals surface area contributed by atoms with Crippen molar-refractivity contribution in [2.75, 3.05) is 19.6 Å². The van der Waals surface area contributed by atoms with E-state index < -0.39 is 8.32 Å². The molecule has 0 aromatic heterocycles. The van der Waals surface area contributed by atoms with Gasteiger partial charge in [0.15, 0.2) is 0 Å². The first-order chi connectivity index (χ1) is 9.04. The van der Waals surface area contributed by atoms with E-state index in [1.807, 2.05) is 30.5 Å². The summed E-state index contributed by atoms with van der Waals surface area (Å²) in [6.07, 6.45) is 4.66. The monoisotopic (exact) mass is 276 g/mol. The maximum Gasteiger partial charge on any atom is 0.242 e. The highest BCUT2D eigenvalue weighted by Crippen LogP contribution is 2.28. The molecule has 0 bridgehead atoms. The number of nitrogens with zero attached hydrogens (tertiary/aromatic N) is 2. The van der Waals surface area contributed by atoms with E-state index in [-0.39, 0.29) is 0 Å². The summed E-state index contributed by atoms with van der Waals surface area (Å²) in [4.78, 5) is 7.02. The van der Waals surface area contributed by atoms with Crippen molar-refractivity contribution >= 4 is 20.2 Å². The van der Waals surface area contributed by atoms with E-state index in [4.69, 9.17) is 4.43 Å². The van der Waals surface area contributed by atoms with Gasteiger partial charge >= 0.3 is 0 Å². The second-order valence-electron chi connectivity index (χ2n) is 6.00. The van der Waals surface area contributed by atoms with E-state index in [1.165, 1.54) is 25.9 Å². The van der Waals surface area contributed by atoms with Crippen LogP contribution in [0.1, 0.15) is 12.8 Å². The summed E-state index contributed by atoms with van der Waals surface area (Å²) in [5, 5.41) is 0. The topological polar surface area (TPSA) is 24.8 Å². The van der Waals surface area contributed by atoms with Gasteiger partial charge < -0.3 is 4.43 Å². The van der Waals surface area contributed by atoms with Crippen molar-refractivity contribution in [3.8, 4) is 5.75 Å². The van der Waals surface area contributed by atoms with Crippen molar-refractivity contribution in [2.24, 2.45) is 4.99 Å². The molecule has 1 aromatic rings. The van der Waals surface area contributed by atoms with Crippen molar-refractivity contribution < 1.29 is 4.43 Å². The molecule has 0 unspecified atom stereocenters. The van der Waals surface area contributed by atoms with Gasteiger partial charge in [-0.2, -0.15) is 0 Å². The summed E-state index contributed by atoms with van der Waals surface area (Å²) >= 11 is 0. The fourth-order valence-electron chi connectivity index (χ4n) is 2.20. The van der Waals surface area contributed by atoms with Crippen LogP contribution in [0.2, 0.25) is 19.6 Å². The number of rotatable bonds is 5. The number of hydrogen-bond donors (Lipinski definition) is 0. The van der Waals surface area contributed by atoms with E-state index in [9.17, 15) is 0 Å². The fourth-order valence-corrected chi connectivity index (χ4v) is 3.03. The molecule has 1 aromatic carbocycles. The van der Waals surface area contributed by atoms with E-state index in [1.54, 1.807) is 0 Å². The standard InChI is InChI=1S/C15H24N2OSi/c1-19(2,3)18-15-9-5-4-8-14(15)16-10-13-17-11-6-7-12-17/h4-5,8-10H,6-7,11-13H2,1-3H3. The molecule has 0 radical (unpaired) electrons. The Kier molecular flexibility index (Phi) is 4.77. The lowest BCUT2D eigenvalue weighted by Gasteiger charge is -2.20. The average molecular weight is 276 g/mol. The molecule has 1 aliphatic rings. The third-order valence-corrected chi connectivity index (χ3v) is 3.88. The summed E-state index contributed by atoms with van der Waals surface area (Å²) in [7, 11) is -1.58. The smallest absolute Gasteiger partial charge is 0.242 e. The second kappa shape index (κ2) is 6.35. The minimum absolute atomic E-state index is 0.916. The summed E-state index contributed by atoms with van der Waals surface area (Å²) in [5.74, 6) is 0.916. The largest absolute Gasteiger partial charge is 0.543 e. The zero-order chi connectivity index (χ0) is 13.7. The van der Waals surface area contributed by atoms with E-state index in [0.717, 1.165) is 18.0 Å². The van der Waals surface area contributed by atoms with Gasteiger partial charge in [-0.3, -0.25) is 9.89 Å². The molecule has 0 atom stereocenters. The Morgan fingerprint density at radius 3 is 2.58 bits per heavy atom. The minimum atomic E-state index is -1.58. The lowest BCUT2D eigenvalue weighted by atomic mass is 10.3. The van der Waals surface area contributed by atoms with Crippen molar-refractivity contribution in [3.05, 3.63) is 24.3 Å². The summed E-state index contributed by atoms with van der Waals surface area (Å²) < 4.78 is 6.07. The molecule has 2 rings (SSSR count). The molecule has 1 aliphatic heterocycles. The molecule has 19 heavy (non-hydrogen) atoms. The van der Waals surface area contributed by atoms with E-state index in [0.29, 0.717) is 0 Å². The predicted molar refractivity (Wildman–Crippen MR) is 84.2 cm³/mol. The van der Waals surface area contributed by atoms with E-state index >= 15 is 0 Å². The molecule has 1 saturated heterocycles. The summed E-state index contributed by atoms with van der Waals surface area (Å²) in [5.41, 5.74) is 0.948. The third-order valence-electron chi connectivity index (χ3n) is 3.05. The molecule has 104 valence electrons. The Morgan fingerprint density at radius 1 is 1.21 bits per heavy atom. The zero-order valence-electron chi connectivity index (χ0n) is 12.2. The quantitative estimate of drug-likeness (QED) is 0.605. The lowest BCUT2D eigenvalue weighted by Crippen LogP contribution is -2.29. The van der Waals surface area contributed by atoms with Gasteiger partial charge in [0.2, 0.25) is 8.32 Å². The van der Waals surface area contributed by atoms with Crippen molar-refractivity contribution in [1.29, 1.82) is 0 Å². The Morgan fingerprint density at radius 2 is 1.89 bits per heavy atom. The molecular formula is C15H24N2OSi. The van der Waals surface area contributed by atoms with Crippen LogP contribution in [0.5, 0.6) is 5.75 Å². The van der Waals surface area contributed by atoms with Gasteiger partial charge in [-0.05, 0) is 57.7 Å². The highest BCUT2D eigenvalue weighted by atomic mass is 28.4. The van der Waals surface area contributed by atoms with Gasteiger partial charge in [-0.1, -0.05) is 12.1 Å². The Balaban J connectivity index is 2.00. The zero-order valence-corrected chi connectivity index (χ0v) is 13.2. The molecule has 3 nitrogen and oxygen atoms in total. The molecule has 0 aliphatic carbocycles. The highest BCUT2D eigenvalue weighted by Gasteiger charge is 2.17. The molecular weight excluding hydrogens is 252 g/mol. The normalized spacial score (nSPS) is 17.2. The van der Waals surface area contributed by atoms with E-state index in [2.05, 4.69) is 29.5 Å². The van der Waals surface area contributed by atoms with Crippen LogP contribution < -0.4 is 4.43 Å². The summed E-state index contributed by atoms with van der Waals surface area (Å²) in [6, 6.07) is 8.06. The molecule has 0 amide bonds. The molecule has 4 heteroatoms. The maximum atomic E-state index is 6.07. The van der Waals surface area contributed by atoms with Crippen LogP contribution in [-0.4, -0.2) is 39.1 Å². The van der Waals surface area contributed by atoms with Gasteiger partial charge in [-0.25, -0.2) is 0 Å². The highest BCUT2D eigenvalue weighted by molar-refractivity contribution is 6.70. The van der Waals surface area contributed by atoms with Crippen LogP contribution in [0.3, 0.4) is 0 Å². The van der Waals surface area contributed by atoms with Gasteiger partial charge in [0.1, 0.15) is 11.4 Å². The third kappa shape index (κ3) is 4.80. The van der Waals surface area contributed by atoms with Crippen molar-refractivity contribution in [1.82, 2.24) is 4.90 Å². The first-order valence-corrected chi connectivity index (χ1v) is 10.5. The average Bonchev–Trinajstić information content (AvgIpc) is 2.82. The van der Waals surface area contributed by atoms with Crippen LogP contribution >= 0.6 is 0 Å².